The van der Waals surface area contributed by atoms with Crippen molar-refractivity contribution in [3.05, 3.63) is 35.5 Å². The maximum atomic E-state index is 12.6. The minimum atomic E-state index is -0.542. The third-order valence-electron chi connectivity index (χ3n) is 3.74. The van der Waals surface area contributed by atoms with Crippen molar-refractivity contribution in [1.82, 2.24) is 10.2 Å². The lowest BCUT2D eigenvalue weighted by atomic mass is 10.1. The second kappa shape index (κ2) is 6.47. The van der Waals surface area contributed by atoms with E-state index in [9.17, 15) is 9.59 Å². The lowest BCUT2D eigenvalue weighted by Gasteiger charge is -2.19. The maximum absolute atomic E-state index is 12.6. The summed E-state index contributed by atoms with van der Waals surface area (Å²) < 4.78 is 10.5. The van der Waals surface area contributed by atoms with Crippen molar-refractivity contribution >= 4 is 35.2 Å². The zero-order valence-electron chi connectivity index (χ0n) is 12.6. The number of rotatable bonds is 3. The predicted molar refractivity (Wildman–Crippen MR) is 87.5 cm³/mol. The standard InChI is InChI=1S/C16H16N2O4S/c1-21-11-6-4-10(5-7-11)9-12-14(19)17-16(23)18(12)15(20)13-3-2-8-22-13/h4-7,9,13H,2-3,8H2,1H3,(H,17,19,23)/b12-9+/t13-/m0/s1. The third-order valence-corrected chi connectivity index (χ3v) is 4.03. The minimum absolute atomic E-state index is 0.0928. The summed E-state index contributed by atoms with van der Waals surface area (Å²) in [5.74, 6) is 0.0219. The molecule has 2 saturated heterocycles. The van der Waals surface area contributed by atoms with Crippen LogP contribution < -0.4 is 10.1 Å². The molecule has 2 heterocycles. The van der Waals surface area contributed by atoms with Crippen LogP contribution in [0, 0.1) is 0 Å². The first-order chi connectivity index (χ1) is 11.1. The van der Waals surface area contributed by atoms with Crippen LogP contribution >= 0.6 is 12.2 Å². The number of hydrogen-bond acceptors (Lipinski definition) is 5. The molecule has 0 unspecified atom stereocenters. The van der Waals surface area contributed by atoms with E-state index >= 15 is 0 Å². The Balaban J connectivity index is 1.90. The maximum Gasteiger partial charge on any atom is 0.274 e. The summed E-state index contributed by atoms with van der Waals surface area (Å²) in [5.41, 5.74) is 0.978. The van der Waals surface area contributed by atoms with Crippen LogP contribution in [0.4, 0.5) is 0 Å². The number of nitrogens with one attached hydrogen (secondary N) is 1. The molecule has 120 valence electrons. The fourth-order valence-electron chi connectivity index (χ4n) is 2.55. The fraction of sp³-hybridized carbons (Fsp3) is 0.312. The Labute approximate surface area is 139 Å². The molecule has 2 aliphatic rings. The van der Waals surface area contributed by atoms with Gasteiger partial charge in [-0.2, -0.15) is 0 Å². The second-order valence-corrected chi connectivity index (χ2v) is 5.62. The average Bonchev–Trinajstić information content (AvgIpc) is 3.17. The monoisotopic (exact) mass is 332 g/mol. The summed E-state index contributed by atoms with van der Waals surface area (Å²) in [6.07, 6.45) is 2.55. The van der Waals surface area contributed by atoms with E-state index in [0.717, 1.165) is 12.0 Å². The Kier molecular flexibility index (Phi) is 4.40. The molecular weight excluding hydrogens is 316 g/mol. The molecule has 23 heavy (non-hydrogen) atoms. The van der Waals surface area contributed by atoms with Gasteiger partial charge in [0.15, 0.2) is 5.11 Å². The van der Waals surface area contributed by atoms with Crippen LogP contribution in [-0.2, 0) is 14.3 Å². The largest absolute Gasteiger partial charge is 0.497 e. The quantitative estimate of drug-likeness (QED) is 0.670. The average molecular weight is 332 g/mol. The zero-order valence-corrected chi connectivity index (χ0v) is 13.4. The summed E-state index contributed by atoms with van der Waals surface area (Å²) in [4.78, 5) is 25.9. The molecule has 1 atom stereocenters. The summed E-state index contributed by atoms with van der Waals surface area (Å²) in [6.45, 7) is 0.551. The predicted octanol–water partition coefficient (Wildman–Crippen LogP) is 1.46. The molecule has 1 N–H and O–H groups in total. The topological polar surface area (TPSA) is 67.9 Å². The molecule has 7 heteroatoms. The van der Waals surface area contributed by atoms with Crippen molar-refractivity contribution in [1.29, 1.82) is 0 Å². The van der Waals surface area contributed by atoms with Crippen molar-refractivity contribution in [2.45, 2.75) is 18.9 Å². The molecule has 0 radical (unpaired) electrons. The summed E-state index contributed by atoms with van der Waals surface area (Å²) in [6, 6.07) is 7.16. The number of nitrogens with zero attached hydrogens (tertiary/aromatic N) is 1. The molecule has 2 amide bonds. The highest BCUT2D eigenvalue weighted by Gasteiger charge is 2.39. The highest BCUT2D eigenvalue weighted by molar-refractivity contribution is 7.80. The molecule has 2 fully saturated rings. The van der Waals surface area contributed by atoms with Crippen LogP contribution in [0.3, 0.4) is 0 Å². The molecule has 0 saturated carbocycles. The van der Waals surface area contributed by atoms with E-state index in [1.807, 2.05) is 0 Å². The van der Waals surface area contributed by atoms with Gasteiger partial charge in [-0.3, -0.25) is 14.9 Å². The Bertz CT molecular complexity index is 678. The molecule has 1 aromatic rings. The zero-order chi connectivity index (χ0) is 16.4. The molecule has 6 nitrogen and oxygen atoms in total. The van der Waals surface area contributed by atoms with Crippen molar-refractivity contribution in [3.8, 4) is 5.75 Å². The van der Waals surface area contributed by atoms with E-state index in [1.54, 1.807) is 37.5 Å². The number of benzene rings is 1. The second-order valence-electron chi connectivity index (χ2n) is 5.24. The van der Waals surface area contributed by atoms with E-state index in [0.29, 0.717) is 18.8 Å². The van der Waals surface area contributed by atoms with Gasteiger partial charge in [0.05, 0.1) is 7.11 Å². The lowest BCUT2D eigenvalue weighted by molar-refractivity contribution is -0.135. The van der Waals surface area contributed by atoms with Crippen LogP contribution in [0.2, 0.25) is 0 Å². The molecule has 0 spiro atoms. The number of hydrogen-bond donors (Lipinski definition) is 1. The molecule has 1 aromatic carbocycles. The van der Waals surface area contributed by atoms with Crippen LogP contribution in [0.5, 0.6) is 5.75 Å². The van der Waals surface area contributed by atoms with Gasteiger partial charge in [0.25, 0.3) is 11.8 Å². The number of carbonyl (C=O) groups excluding carboxylic acids is 2. The normalized spacial score (nSPS) is 22.6. The van der Waals surface area contributed by atoms with Gasteiger partial charge in [0.1, 0.15) is 17.6 Å². The van der Waals surface area contributed by atoms with Gasteiger partial charge in [-0.15, -0.1) is 0 Å². The van der Waals surface area contributed by atoms with Gasteiger partial charge in [0, 0.05) is 6.61 Å². The third kappa shape index (κ3) is 3.11. The first kappa shape index (κ1) is 15.6. The highest BCUT2D eigenvalue weighted by Crippen LogP contribution is 2.23. The fourth-order valence-corrected chi connectivity index (χ4v) is 2.83. The Morgan fingerprint density at radius 2 is 2.17 bits per heavy atom. The smallest absolute Gasteiger partial charge is 0.274 e. The van der Waals surface area contributed by atoms with Crippen molar-refractivity contribution < 1.29 is 19.1 Å². The number of thiocarbonyl (C=S) groups is 1. The van der Waals surface area contributed by atoms with E-state index in [-0.39, 0.29) is 16.7 Å². The van der Waals surface area contributed by atoms with E-state index in [1.165, 1.54) is 4.90 Å². The van der Waals surface area contributed by atoms with Crippen LogP contribution in [0.1, 0.15) is 18.4 Å². The molecule has 0 bridgehead atoms. The number of carbonyl (C=O) groups is 2. The first-order valence-electron chi connectivity index (χ1n) is 7.27. The summed E-state index contributed by atoms with van der Waals surface area (Å²) >= 11 is 5.12. The van der Waals surface area contributed by atoms with Gasteiger partial charge in [-0.1, -0.05) is 12.1 Å². The van der Waals surface area contributed by atoms with Crippen LogP contribution in [-0.4, -0.2) is 41.6 Å². The minimum Gasteiger partial charge on any atom is -0.497 e. The molecular formula is C16H16N2O4S. The van der Waals surface area contributed by atoms with Gasteiger partial charge in [-0.25, -0.2) is 4.90 Å². The van der Waals surface area contributed by atoms with Crippen LogP contribution in [0.15, 0.2) is 30.0 Å². The van der Waals surface area contributed by atoms with Crippen molar-refractivity contribution in [3.63, 3.8) is 0 Å². The number of methoxy groups -OCH3 is 1. The Morgan fingerprint density at radius 3 is 2.78 bits per heavy atom. The van der Waals surface area contributed by atoms with Gasteiger partial charge in [0.2, 0.25) is 0 Å². The molecule has 0 aliphatic carbocycles. The van der Waals surface area contributed by atoms with Crippen LogP contribution in [0.25, 0.3) is 6.08 Å². The Morgan fingerprint density at radius 1 is 1.43 bits per heavy atom. The number of ether oxygens (including phenoxy) is 2. The lowest BCUT2D eigenvalue weighted by Crippen LogP contribution is -2.40. The summed E-state index contributed by atoms with van der Waals surface area (Å²) in [7, 11) is 1.58. The van der Waals surface area contributed by atoms with Gasteiger partial charge < -0.3 is 9.47 Å². The highest BCUT2D eigenvalue weighted by atomic mass is 32.1. The van der Waals surface area contributed by atoms with E-state index in [4.69, 9.17) is 21.7 Å². The van der Waals surface area contributed by atoms with Gasteiger partial charge >= 0.3 is 0 Å². The Hall–Kier alpha value is -2.25. The van der Waals surface area contributed by atoms with E-state index < -0.39 is 12.0 Å². The number of amides is 2. The molecule has 3 rings (SSSR count). The van der Waals surface area contributed by atoms with E-state index in [2.05, 4.69) is 5.32 Å². The van der Waals surface area contributed by atoms with Crippen molar-refractivity contribution in [2.24, 2.45) is 0 Å². The SMILES string of the molecule is COc1ccc(/C=C2\C(=O)NC(=S)N2C(=O)[C@@H]2CCCO2)cc1. The van der Waals surface area contributed by atoms with Crippen molar-refractivity contribution in [2.75, 3.05) is 13.7 Å². The molecule has 2 aliphatic heterocycles. The van der Waals surface area contributed by atoms with Gasteiger partial charge in [-0.05, 0) is 48.8 Å². The first-order valence-corrected chi connectivity index (χ1v) is 7.67. The molecule has 0 aromatic heterocycles. The summed E-state index contributed by atoms with van der Waals surface area (Å²) in [5, 5.41) is 2.61.